The Morgan fingerprint density at radius 3 is 2.46 bits per heavy atom. The van der Waals surface area contributed by atoms with Gasteiger partial charge in [-0.25, -0.2) is 0 Å². The Balaban J connectivity index is 0.00000392. The van der Waals surface area contributed by atoms with Crippen molar-refractivity contribution in [1.29, 1.82) is 0 Å². The first-order valence-electron chi connectivity index (χ1n) is 8.57. The van der Waals surface area contributed by atoms with E-state index >= 15 is 0 Å². The predicted molar refractivity (Wildman–Crippen MR) is 117 cm³/mol. The van der Waals surface area contributed by atoms with E-state index in [9.17, 15) is 8.78 Å². The first-order chi connectivity index (χ1) is 13.0. The average molecular weight is 505 g/mol. The van der Waals surface area contributed by atoms with E-state index in [1.807, 2.05) is 31.2 Å². The molecule has 0 radical (unpaired) electrons. The summed E-state index contributed by atoms with van der Waals surface area (Å²) in [7, 11) is 3.32. The SMILES string of the molecule is CN=C(NCc1cccc(COC)c1)NCc1cc(C)ccc1OC(F)F.I. The number of hydrogen-bond donors (Lipinski definition) is 2. The summed E-state index contributed by atoms with van der Waals surface area (Å²) in [6.07, 6.45) is 0. The number of rotatable bonds is 8. The summed E-state index contributed by atoms with van der Waals surface area (Å²) in [5, 5.41) is 6.34. The van der Waals surface area contributed by atoms with Crippen molar-refractivity contribution in [3.05, 3.63) is 64.7 Å². The van der Waals surface area contributed by atoms with E-state index < -0.39 is 6.61 Å². The van der Waals surface area contributed by atoms with Crippen molar-refractivity contribution in [3.63, 3.8) is 0 Å². The molecular formula is C20H26F2IN3O2. The topological polar surface area (TPSA) is 54.9 Å². The Bertz CT molecular complexity index is 773. The molecule has 0 aromatic heterocycles. The molecule has 8 heteroatoms. The molecule has 0 saturated heterocycles. The van der Waals surface area contributed by atoms with Gasteiger partial charge in [-0.3, -0.25) is 4.99 Å². The number of alkyl halides is 2. The summed E-state index contributed by atoms with van der Waals surface area (Å²) in [6, 6.07) is 13.1. The van der Waals surface area contributed by atoms with Crippen LogP contribution in [-0.4, -0.2) is 26.7 Å². The van der Waals surface area contributed by atoms with E-state index in [0.717, 1.165) is 16.7 Å². The number of ether oxygens (including phenoxy) is 2. The van der Waals surface area contributed by atoms with Crippen LogP contribution < -0.4 is 15.4 Å². The summed E-state index contributed by atoms with van der Waals surface area (Å²) < 4.78 is 34.9. The number of benzene rings is 2. The fourth-order valence-electron chi connectivity index (χ4n) is 2.64. The Morgan fingerprint density at radius 2 is 1.79 bits per heavy atom. The quantitative estimate of drug-likeness (QED) is 0.321. The van der Waals surface area contributed by atoms with Gasteiger partial charge in [0, 0.05) is 32.8 Å². The molecule has 2 N–H and O–H groups in total. The van der Waals surface area contributed by atoms with Gasteiger partial charge in [0.15, 0.2) is 5.96 Å². The van der Waals surface area contributed by atoms with E-state index in [-0.39, 0.29) is 29.7 Å². The zero-order valence-electron chi connectivity index (χ0n) is 16.2. The van der Waals surface area contributed by atoms with E-state index in [4.69, 9.17) is 4.74 Å². The highest BCUT2D eigenvalue weighted by atomic mass is 127. The van der Waals surface area contributed by atoms with Crippen LogP contribution >= 0.6 is 24.0 Å². The first kappa shape index (κ1) is 24.1. The zero-order valence-corrected chi connectivity index (χ0v) is 18.5. The number of guanidine groups is 1. The lowest BCUT2D eigenvalue weighted by atomic mass is 10.1. The Kier molecular flexibility index (Phi) is 10.8. The second kappa shape index (κ2) is 12.5. The van der Waals surface area contributed by atoms with Crippen molar-refractivity contribution in [2.75, 3.05) is 14.2 Å². The maximum atomic E-state index is 12.6. The normalized spacial score (nSPS) is 11.1. The minimum atomic E-state index is -2.86. The smallest absolute Gasteiger partial charge is 0.387 e. The minimum Gasteiger partial charge on any atom is -0.434 e. The van der Waals surface area contributed by atoms with E-state index in [1.54, 1.807) is 26.3 Å². The highest BCUT2D eigenvalue weighted by Crippen LogP contribution is 2.22. The van der Waals surface area contributed by atoms with E-state index in [1.165, 1.54) is 0 Å². The van der Waals surface area contributed by atoms with Crippen molar-refractivity contribution < 1.29 is 18.3 Å². The van der Waals surface area contributed by atoms with E-state index in [0.29, 0.717) is 31.2 Å². The maximum absolute atomic E-state index is 12.6. The number of aliphatic imine (C=N–C) groups is 1. The van der Waals surface area contributed by atoms with Gasteiger partial charge in [-0.1, -0.05) is 42.0 Å². The maximum Gasteiger partial charge on any atom is 0.387 e. The monoisotopic (exact) mass is 505 g/mol. The summed E-state index contributed by atoms with van der Waals surface area (Å²) in [6.45, 7) is 0.485. The molecule has 0 aliphatic carbocycles. The van der Waals surface area contributed by atoms with Crippen molar-refractivity contribution in [3.8, 4) is 5.75 Å². The third-order valence-electron chi connectivity index (χ3n) is 3.86. The van der Waals surface area contributed by atoms with Crippen molar-refractivity contribution in [2.45, 2.75) is 33.2 Å². The van der Waals surface area contributed by atoms with Crippen LogP contribution in [0.25, 0.3) is 0 Å². The number of nitrogens with zero attached hydrogens (tertiary/aromatic N) is 1. The molecule has 0 unspecified atom stereocenters. The summed E-state index contributed by atoms with van der Waals surface area (Å²) in [5.41, 5.74) is 3.78. The second-order valence-electron chi connectivity index (χ2n) is 6.02. The molecule has 0 heterocycles. The van der Waals surface area contributed by atoms with Gasteiger partial charge in [0.1, 0.15) is 5.75 Å². The molecule has 2 aromatic rings. The molecule has 0 aliphatic rings. The Morgan fingerprint density at radius 1 is 1.07 bits per heavy atom. The molecule has 2 aromatic carbocycles. The molecule has 0 fully saturated rings. The average Bonchev–Trinajstić information content (AvgIpc) is 2.64. The van der Waals surface area contributed by atoms with Gasteiger partial charge in [0.2, 0.25) is 0 Å². The number of hydrogen-bond acceptors (Lipinski definition) is 3. The van der Waals surface area contributed by atoms with Crippen LogP contribution in [-0.2, 0) is 24.4 Å². The molecular weight excluding hydrogens is 479 g/mol. The minimum absolute atomic E-state index is 0. The Labute approximate surface area is 181 Å². The lowest BCUT2D eigenvalue weighted by Gasteiger charge is -2.15. The molecule has 0 aliphatic heterocycles. The Hall–Kier alpha value is -1.94. The third-order valence-corrected chi connectivity index (χ3v) is 3.86. The summed E-state index contributed by atoms with van der Waals surface area (Å²) in [5.74, 6) is 0.725. The van der Waals surface area contributed by atoms with Gasteiger partial charge in [0.25, 0.3) is 0 Å². The molecule has 0 bridgehead atoms. The van der Waals surface area contributed by atoms with Crippen LogP contribution in [0.5, 0.6) is 5.75 Å². The van der Waals surface area contributed by atoms with Crippen LogP contribution in [0.1, 0.15) is 22.3 Å². The number of methoxy groups -OCH3 is 1. The largest absolute Gasteiger partial charge is 0.434 e. The van der Waals surface area contributed by atoms with Gasteiger partial charge in [-0.15, -0.1) is 24.0 Å². The van der Waals surface area contributed by atoms with E-state index in [2.05, 4.69) is 26.4 Å². The van der Waals surface area contributed by atoms with Crippen molar-refractivity contribution >= 4 is 29.9 Å². The van der Waals surface area contributed by atoms with Crippen molar-refractivity contribution in [2.24, 2.45) is 4.99 Å². The molecule has 0 amide bonds. The predicted octanol–water partition coefficient (Wildman–Crippen LogP) is 4.23. The lowest BCUT2D eigenvalue weighted by Crippen LogP contribution is -2.36. The fraction of sp³-hybridized carbons (Fsp3) is 0.350. The molecule has 2 rings (SSSR count). The molecule has 5 nitrogen and oxygen atoms in total. The van der Waals surface area contributed by atoms with Crippen LogP contribution in [0.2, 0.25) is 0 Å². The standard InChI is InChI=1S/C20H25F2N3O2.HI/c1-14-7-8-18(27-19(21)22)17(9-14)12-25-20(23-2)24-11-15-5-4-6-16(10-15)13-26-3;/h4-10,19H,11-13H2,1-3H3,(H2,23,24,25);1H. The lowest BCUT2D eigenvalue weighted by molar-refractivity contribution is -0.0504. The summed E-state index contributed by atoms with van der Waals surface area (Å²) >= 11 is 0. The van der Waals surface area contributed by atoms with Gasteiger partial charge < -0.3 is 20.1 Å². The van der Waals surface area contributed by atoms with Crippen molar-refractivity contribution in [1.82, 2.24) is 10.6 Å². The van der Waals surface area contributed by atoms with Gasteiger partial charge in [-0.05, 0) is 24.1 Å². The number of halogens is 3. The van der Waals surface area contributed by atoms with Crippen LogP contribution in [0, 0.1) is 6.92 Å². The number of nitrogens with one attached hydrogen (secondary N) is 2. The van der Waals surface area contributed by atoms with Crippen LogP contribution in [0.3, 0.4) is 0 Å². The molecule has 28 heavy (non-hydrogen) atoms. The third kappa shape index (κ3) is 7.97. The molecule has 0 atom stereocenters. The molecule has 0 saturated carbocycles. The van der Waals surface area contributed by atoms with Crippen LogP contribution in [0.15, 0.2) is 47.5 Å². The summed E-state index contributed by atoms with van der Waals surface area (Å²) in [4.78, 5) is 4.17. The van der Waals surface area contributed by atoms with Crippen LogP contribution in [0.4, 0.5) is 8.78 Å². The first-order valence-corrected chi connectivity index (χ1v) is 8.57. The zero-order chi connectivity index (χ0) is 19.6. The molecule has 154 valence electrons. The number of aryl methyl sites for hydroxylation is 1. The van der Waals surface area contributed by atoms with Gasteiger partial charge in [-0.2, -0.15) is 8.78 Å². The second-order valence-corrected chi connectivity index (χ2v) is 6.02. The highest BCUT2D eigenvalue weighted by Gasteiger charge is 2.10. The highest BCUT2D eigenvalue weighted by molar-refractivity contribution is 14.0. The molecule has 0 spiro atoms. The fourth-order valence-corrected chi connectivity index (χ4v) is 2.64. The van der Waals surface area contributed by atoms with Gasteiger partial charge in [0.05, 0.1) is 6.61 Å². The van der Waals surface area contributed by atoms with Gasteiger partial charge >= 0.3 is 6.61 Å².